The highest BCUT2D eigenvalue weighted by Crippen LogP contribution is 2.30. The Morgan fingerprint density at radius 2 is 1.69 bits per heavy atom. The maximum Gasteiger partial charge on any atom is 0.335 e. The summed E-state index contributed by atoms with van der Waals surface area (Å²) in [6, 6.07) is 17.8. The van der Waals surface area contributed by atoms with E-state index in [9.17, 15) is 14.4 Å². The Morgan fingerprint density at radius 1 is 0.944 bits per heavy atom. The first-order valence-corrected chi connectivity index (χ1v) is 11.5. The second-order valence-electron chi connectivity index (χ2n) is 7.71. The van der Waals surface area contributed by atoms with Crippen LogP contribution in [-0.4, -0.2) is 31.6 Å². The normalized spacial score (nSPS) is 14.6. The minimum Gasteiger partial charge on any atom is -0.497 e. The van der Waals surface area contributed by atoms with Crippen molar-refractivity contribution in [3.05, 3.63) is 88.5 Å². The molecular formula is C27H23ClN2O6. The molecule has 3 aromatic carbocycles. The van der Waals surface area contributed by atoms with Crippen LogP contribution < -0.4 is 24.4 Å². The van der Waals surface area contributed by atoms with E-state index >= 15 is 0 Å². The van der Waals surface area contributed by atoms with Gasteiger partial charge in [0.1, 0.15) is 29.4 Å². The van der Waals surface area contributed by atoms with Gasteiger partial charge in [0.15, 0.2) is 0 Å². The van der Waals surface area contributed by atoms with Crippen molar-refractivity contribution in [3.8, 4) is 17.2 Å². The van der Waals surface area contributed by atoms with E-state index in [-0.39, 0.29) is 12.2 Å². The number of ether oxygens (including phenoxy) is 3. The third-order valence-corrected chi connectivity index (χ3v) is 5.55. The molecule has 0 aromatic heterocycles. The lowest BCUT2D eigenvalue weighted by molar-refractivity contribution is -0.122. The maximum absolute atomic E-state index is 13.3. The number of carbonyl (C=O) groups is 3. The SMILES string of the molecule is CCOc1ccc(N2C(=O)NC(=O)/C(=C\c3ccc(OC)cc3OCc3cccc(Cl)c3)C2=O)cc1. The molecule has 1 saturated heterocycles. The zero-order valence-electron chi connectivity index (χ0n) is 19.6. The van der Waals surface area contributed by atoms with E-state index in [1.165, 1.54) is 13.2 Å². The molecule has 8 nitrogen and oxygen atoms in total. The van der Waals surface area contributed by atoms with Gasteiger partial charge in [0.25, 0.3) is 11.8 Å². The Kier molecular flexibility index (Phi) is 7.56. The quantitative estimate of drug-likeness (QED) is 0.341. The van der Waals surface area contributed by atoms with Gasteiger partial charge in [-0.15, -0.1) is 0 Å². The first-order chi connectivity index (χ1) is 17.4. The summed E-state index contributed by atoms with van der Waals surface area (Å²) in [4.78, 5) is 39.3. The number of barbiturate groups is 1. The molecular weight excluding hydrogens is 484 g/mol. The lowest BCUT2D eigenvalue weighted by atomic mass is 10.1. The van der Waals surface area contributed by atoms with E-state index in [1.807, 2.05) is 19.1 Å². The molecule has 0 saturated carbocycles. The lowest BCUT2D eigenvalue weighted by Crippen LogP contribution is -2.54. The van der Waals surface area contributed by atoms with Crippen LogP contribution in [0.4, 0.5) is 10.5 Å². The van der Waals surface area contributed by atoms with E-state index in [1.54, 1.807) is 54.6 Å². The molecule has 1 heterocycles. The van der Waals surface area contributed by atoms with Crippen LogP contribution in [0.2, 0.25) is 5.02 Å². The highest BCUT2D eigenvalue weighted by molar-refractivity contribution is 6.39. The molecule has 0 bridgehead atoms. The van der Waals surface area contributed by atoms with Gasteiger partial charge in [-0.2, -0.15) is 0 Å². The van der Waals surface area contributed by atoms with Gasteiger partial charge in [0.2, 0.25) is 0 Å². The van der Waals surface area contributed by atoms with Gasteiger partial charge in [-0.1, -0.05) is 23.7 Å². The van der Waals surface area contributed by atoms with Crippen molar-refractivity contribution >= 4 is 41.2 Å². The molecule has 0 spiro atoms. The Labute approximate surface area is 213 Å². The predicted octanol–water partition coefficient (Wildman–Crippen LogP) is 4.99. The van der Waals surface area contributed by atoms with Gasteiger partial charge in [0.05, 0.1) is 19.4 Å². The van der Waals surface area contributed by atoms with Crippen LogP contribution >= 0.6 is 11.6 Å². The molecule has 4 amide bonds. The molecule has 0 aliphatic carbocycles. The molecule has 9 heteroatoms. The smallest absolute Gasteiger partial charge is 0.335 e. The van der Waals surface area contributed by atoms with Crippen LogP contribution in [0.15, 0.2) is 72.3 Å². The molecule has 1 N–H and O–H groups in total. The largest absolute Gasteiger partial charge is 0.497 e. The summed E-state index contributed by atoms with van der Waals surface area (Å²) in [7, 11) is 1.52. The topological polar surface area (TPSA) is 94.2 Å². The predicted molar refractivity (Wildman–Crippen MR) is 135 cm³/mol. The van der Waals surface area contributed by atoms with Gasteiger partial charge in [0, 0.05) is 16.7 Å². The van der Waals surface area contributed by atoms with E-state index in [4.69, 9.17) is 25.8 Å². The standard InChI is InChI=1S/C27H23ClN2O6/c1-3-35-21-11-8-20(9-12-21)30-26(32)23(25(31)29-27(30)33)14-18-7-10-22(34-2)15-24(18)36-16-17-5-4-6-19(28)13-17/h4-15H,3,16H2,1-2H3,(H,29,31,33)/b23-14+. The van der Waals surface area contributed by atoms with Crippen molar-refractivity contribution < 1.29 is 28.6 Å². The molecule has 1 aliphatic heterocycles. The van der Waals surface area contributed by atoms with Gasteiger partial charge in [-0.05, 0) is 67.1 Å². The maximum atomic E-state index is 13.3. The molecule has 4 rings (SSSR count). The lowest BCUT2D eigenvalue weighted by Gasteiger charge is -2.26. The number of halogens is 1. The second kappa shape index (κ2) is 11.0. The number of carbonyl (C=O) groups excluding carboxylic acids is 3. The second-order valence-corrected chi connectivity index (χ2v) is 8.14. The monoisotopic (exact) mass is 506 g/mol. The number of urea groups is 1. The fraction of sp³-hybridized carbons (Fsp3) is 0.148. The highest BCUT2D eigenvalue weighted by atomic mass is 35.5. The first kappa shape index (κ1) is 24.8. The molecule has 0 unspecified atom stereocenters. The first-order valence-electron chi connectivity index (χ1n) is 11.1. The number of methoxy groups -OCH3 is 1. The molecule has 36 heavy (non-hydrogen) atoms. The van der Waals surface area contributed by atoms with E-state index < -0.39 is 17.8 Å². The number of anilines is 1. The Balaban J connectivity index is 1.65. The average Bonchev–Trinajstić information content (AvgIpc) is 2.87. The zero-order chi connectivity index (χ0) is 25.7. The summed E-state index contributed by atoms with van der Waals surface area (Å²) < 4.78 is 16.7. The summed E-state index contributed by atoms with van der Waals surface area (Å²) in [6.07, 6.45) is 1.39. The van der Waals surface area contributed by atoms with Crippen molar-refractivity contribution in [3.63, 3.8) is 0 Å². The van der Waals surface area contributed by atoms with Crippen molar-refractivity contribution in [2.45, 2.75) is 13.5 Å². The Bertz CT molecular complexity index is 1340. The molecule has 0 radical (unpaired) electrons. The van der Waals surface area contributed by atoms with Crippen molar-refractivity contribution in [1.29, 1.82) is 0 Å². The molecule has 0 atom stereocenters. The van der Waals surface area contributed by atoms with Crippen LogP contribution in [0.5, 0.6) is 17.2 Å². The summed E-state index contributed by atoms with van der Waals surface area (Å²) >= 11 is 6.06. The molecule has 1 aliphatic rings. The van der Waals surface area contributed by atoms with Crippen LogP contribution in [-0.2, 0) is 16.2 Å². The number of benzene rings is 3. The molecule has 184 valence electrons. The van der Waals surface area contributed by atoms with E-state index in [0.29, 0.717) is 40.1 Å². The van der Waals surface area contributed by atoms with Crippen LogP contribution in [0, 0.1) is 0 Å². The number of hydrogen-bond acceptors (Lipinski definition) is 6. The van der Waals surface area contributed by atoms with Gasteiger partial charge >= 0.3 is 6.03 Å². The molecule has 3 aromatic rings. The Hall–Kier alpha value is -4.30. The van der Waals surface area contributed by atoms with Crippen molar-refractivity contribution in [2.75, 3.05) is 18.6 Å². The van der Waals surface area contributed by atoms with Gasteiger partial charge in [-0.3, -0.25) is 14.9 Å². The zero-order valence-corrected chi connectivity index (χ0v) is 20.4. The van der Waals surface area contributed by atoms with Crippen LogP contribution in [0.25, 0.3) is 6.08 Å². The minimum absolute atomic E-state index is 0.195. The molecule has 1 fully saturated rings. The fourth-order valence-electron chi connectivity index (χ4n) is 3.58. The van der Waals surface area contributed by atoms with Gasteiger partial charge in [-0.25, -0.2) is 9.69 Å². The number of amides is 4. The number of rotatable bonds is 8. The van der Waals surface area contributed by atoms with E-state index in [2.05, 4.69) is 5.32 Å². The number of nitrogens with zero attached hydrogens (tertiary/aromatic N) is 1. The average molecular weight is 507 g/mol. The fourth-order valence-corrected chi connectivity index (χ4v) is 3.79. The number of nitrogens with one attached hydrogen (secondary N) is 1. The summed E-state index contributed by atoms with van der Waals surface area (Å²) in [5.74, 6) is -0.0539. The van der Waals surface area contributed by atoms with Gasteiger partial charge < -0.3 is 14.2 Å². The third kappa shape index (κ3) is 5.50. The van der Waals surface area contributed by atoms with E-state index in [0.717, 1.165) is 10.5 Å². The van der Waals surface area contributed by atoms with Crippen LogP contribution in [0.1, 0.15) is 18.1 Å². The minimum atomic E-state index is -0.835. The summed E-state index contributed by atoms with van der Waals surface area (Å²) in [5, 5.41) is 2.80. The number of imide groups is 2. The number of hydrogen-bond donors (Lipinski definition) is 1. The van der Waals surface area contributed by atoms with Crippen molar-refractivity contribution in [2.24, 2.45) is 0 Å². The summed E-state index contributed by atoms with van der Waals surface area (Å²) in [6.45, 7) is 2.53. The summed E-state index contributed by atoms with van der Waals surface area (Å²) in [5.41, 5.74) is 1.37. The van der Waals surface area contributed by atoms with Crippen LogP contribution in [0.3, 0.4) is 0 Å². The Morgan fingerprint density at radius 3 is 2.39 bits per heavy atom. The van der Waals surface area contributed by atoms with Crippen molar-refractivity contribution in [1.82, 2.24) is 5.32 Å². The highest BCUT2D eigenvalue weighted by Gasteiger charge is 2.37. The third-order valence-electron chi connectivity index (χ3n) is 5.31.